The van der Waals surface area contributed by atoms with Crippen LogP contribution in [-0.2, 0) is 0 Å². The Morgan fingerprint density at radius 3 is 2.26 bits per heavy atom. The summed E-state index contributed by atoms with van der Waals surface area (Å²) in [6.45, 7) is 0. The van der Waals surface area contributed by atoms with Crippen molar-refractivity contribution in [3.8, 4) is 11.1 Å². The van der Waals surface area contributed by atoms with Crippen molar-refractivity contribution in [2.75, 3.05) is 19.0 Å². The van der Waals surface area contributed by atoms with Crippen LogP contribution in [0.3, 0.4) is 0 Å². The molecular formula is C19H15Cl2F3N2O. The van der Waals surface area contributed by atoms with Gasteiger partial charge in [0.25, 0.3) is 0 Å². The number of hydrogen-bond acceptors (Lipinski definition) is 3. The maximum absolute atomic E-state index is 13.1. The summed E-state index contributed by atoms with van der Waals surface area (Å²) in [5.74, 6) is 0. The van der Waals surface area contributed by atoms with Crippen molar-refractivity contribution < 1.29 is 18.3 Å². The molecule has 0 bridgehead atoms. The van der Waals surface area contributed by atoms with Gasteiger partial charge in [-0.05, 0) is 23.8 Å². The molecule has 1 unspecified atom stereocenters. The molecule has 0 saturated carbocycles. The largest absolute Gasteiger partial charge is 0.418 e. The SMILES string of the molecule is CN(C)c1c(C(O)C(F)(F)F)cnc2c(-c3cc(Cl)cc(Cl)c3)cccc12. The molecule has 0 radical (unpaired) electrons. The number of hydrogen-bond donors (Lipinski definition) is 1. The minimum absolute atomic E-state index is 0.250. The Hall–Kier alpha value is -2.02. The predicted molar refractivity (Wildman–Crippen MR) is 103 cm³/mol. The molecule has 0 spiro atoms. The van der Waals surface area contributed by atoms with Crippen LogP contribution >= 0.6 is 23.2 Å². The van der Waals surface area contributed by atoms with Gasteiger partial charge in [0, 0.05) is 46.9 Å². The van der Waals surface area contributed by atoms with Gasteiger partial charge < -0.3 is 10.0 Å². The number of alkyl halides is 3. The standard InChI is InChI=1S/C19H15Cl2F3N2O/c1-26(2)17-14-5-3-4-13(10-6-11(20)8-12(21)7-10)16(14)25-9-15(17)18(27)19(22,23)24/h3-9,18,27H,1-2H3. The Bertz CT molecular complexity index is 986. The summed E-state index contributed by atoms with van der Waals surface area (Å²) in [6.07, 6.45) is -6.36. The van der Waals surface area contributed by atoms with E-state index < -0.39 is 12.3 Å². The molecule has 142 valence electrons. The molecule has 1 aromatic heterocycles. The molecule has 8 heteroatoms. The fourth-order valence-corrected chi connectivity index (χ4v) is 3.57. The van der Waals surface area contributed by atoms with Gasteiger partial charge in [0.05, 0.1) is 11.2 Å². The van der Waals surface area contributed by atoms with E-state index in [1.54, 1.807) is 50.5 Å². The van der Waals surface area contributed by atoms with Gasteiger partial charge in [-0.15, -0.1) is 0 Å². The highest BCUT2D eigenvalue weighted by atomic mass is 35.5. The first-order chi connectivity index (χ1) is 12.6. The quantitative estimate of drug-likeness (QED) is 0.581. The zero-order chi connectivity index (χ0) is 19.9. The van der Waals surface area contributed by atoms with Crippen LogP contribution in [0.15, 0.2) is 42.6 Å². The van der Waals surface area contributed by atoms with Gasteiger partial charge in [-0.2, -0.15) is 13.2 Å². The van der Waals surface area contributed by atoms with Crippen LogP contribution in [0.5, 0.6) is 0 Å². The van der Waals surface area contributed by atoms with Crippen molar-refractivity contribution in [2.45, 2.75) is 12.3 Å². The number of halogens is 5. The Kier molecular flexibility index (Phi) is 5.25. The van der Waals surface area contributed by atoms with Crippen LogP contribution in [0, 0.1) is 0 Å². The highest BCUT2D eigenvalue weighted by Crippen LogP contribution is 2.41. The number of anilines is 1. The third-order valence-electron chi connectivity index (χ3n) is 4.12. The van der Waals surface area contributed by atoms with Crippen molar-refractivity contribution in [1.82, 2.24) is 4.98 Å². The zero-order valence-corrected chi connectivity index (χ0v) is 15.9. The lowest BCUT2D eigenvalue weighted by Crippen LogP contribution is -2.23. The molecule has 0 fully saturated rings. The van der Waals surface area contributed by atoms with Crippen molar-refractivity contribution in [1.29, 1.82) is 0 Å². The Morgan fingerprint density at radius 1 is 1.07 bits per heavy atom. The second-order valence-corrected chi connectivity index (χ2v) is 7.13. The van der Waals surface area contributed by atoms with Crippen LogP contribution < -0.4 is 4.90 Å². The van der Waals surface area contributed by atoms with E-state index in [2.05, 4.69) is 4.98 Å². The maximum Gasteiger partial charge on any atom is 0.418 e. The number of aliphatic hydroxyl groups is 1. The van der Waals surface area contributed by atoms with Crippen molar-refractivity contribution >= 4 is 39.8 Å². The second kappa shape index (κ2) is 7.19. The van der Waals surface area contributed by atoms with E-state index in [4.69, 9.17) is 23.2 Å². The van der Waals surface area contributed by atoms with Gasteiger partial charge >= 0.3 is 6.18 Å². The summed E-state index contributed by atoms with van der Waals surface area (Å²) in [5.41, 5.74) is 1.80. The summed E-state index contributed by atoms with van der Waals surface area (Å²) < 4.78 is 39.3. The molecule has 0 saturated heterocycles. The summed E-state index contributed by atoms with van der Waals surface area (Å²) in [5, 5.41) is 11.1. The molecule has 3 nitrogen and oxygen atoms in total. The first-order valence-electron chi connectivity index (χ1n) is 7.90. The molecule has 3 rings (SSSR count). The molecule has 1 N–H and O–H groups in total. The highest BCUT2D eigenvalue weighted by Gasteiger charge is 2.41. The highest BCUT2D eigenvalue weighted by molar-refractivity contribution is 6.35. The third kappa shape index (κ3) is 3.83. The molecule has 0 aliphatic heterocycles. The van der Waals surface area contributed by atoms with Crippen LogP contribution in [-0.4, -0.2) is 30.4 Å². The average Bonchev–Trinajstić information content (AvgIpc) is 2.57. The zero-order valence-electron chi connectivity index (χ0n) is 14.4. The minimum atomic E-state index is -4.79. The fraction of sp³-hybridized carbons (Fsp3) is 0.211. The molecule has 3 aromatic rings. The summed E-state index contributed by atoms with van der Waals surface area (Å²) >= 11 is 12.2. The van der Waals surface area contributed by atoms with Gasteiger partial charge in [-0.1, -0.05) is 41.4 Å². The Balaban J connectivity index is 2.31. The molecule has 0 amide bonds. The van der Waals surface area contributed by atoms with Crippen molar-refractivity contribution in [3.63, 3.8) is 0 Å². The second-order valence-electron chi connectivity index (χ2n) is 6.26. The van der Waals surface area contributed by atoms with E-state index in [1.807, 2.05) is 0 Å². The molecular weight excluding hydrogens is 400 g/mol. The van der Waals surface area contributed by atoms with Gasteiger partial charge in [-0.3, -0.25) is 4.98 Å². The number of fused-ring (bicyclic) bond motifs is 1. The summed E-state index contributed by atoms with van der Waals surface area (Å²) in [7, 11) is 3.23. The molecule has 0 aliphatic rings. The number of rotatable bonds is 3. The Labute approximate surface area is 164 Å². The molecule has 1 atom stereocenters. The number of aromatic nitrogens is 1. The predicted octanol–water partition coefficient (Wildman–Crippen LogP) is 5.87. The van der Waals surface area contributed by atoms with Gasteiger partial charge in [-0.25, -0.2) is 0 Å². The van der Waals surface area contributed by atoms with Crippen LogP contribution in [0.1, 0.15) is 11.7 Å². The molecule has 0 aliphatic carbocycles. The first-order valence-corrected chi connectivity index (χ1v) is 8.65. The number of benzene rings is 2. The topological polar surface area (TPSA) is 36.4 Å². The summed E-state index contributed by atoms with van der Waals surface area (Å²) in [6, 6.07) is 10.2. The first kappa shape index (κ1) is 19.7. The van der Waals surface area contributed by atoms with Crippen LogP contribution in [0.25, 0.3) is 22.0 Å². The van der Waals surface area contributed by atoms with Crippen LogP contribution in [0.2, 0.25) is 10.0 Å². The van der Waals surface area contributed by atoms with E-state index >= 15 is 0 Å². The lowest BCUT2D eigenvalue weighted by atomic mass is 9.98. The summed E-state index contributed by atoms with van der Waals surface area (Å²) in [4.78, 5) is 5.75. The van der Waals surface area contributed by atoms with E-state index in [0.717, 1.165) is 6.20 Å². The van der Waals surface area contributed by atoms with E-state index in [9.17, 15) is 18.3 Å². The smallest absolute Gasteiger partial charge is 0.379 e. The van der Waals surface area contributed by atoms with E-state index in [-0.39, 0.29) is 11.3 Å². The number of para-hydroxylation sites is 1. The molecule has 2 aromatic carbocycles. The lowest BCUT2D eigenvalue weighted by molar-refractivity contribution is -0.206. The minimum Gasteiger partial charge on any atom is -0.379 e. The maximum atomic E-state index is 13.1. The number of nitrogens with zero attached hydrogens (tertiary/aromatic N) is 2. The van der Waals surface area contributed by atoms with Gasteiger partial charge in [0.15, 0.2) is 6.10 Å². The average molecular weight is 415 g/mol. The fourth-order valence-electron chi connectivity index (χ4n) is 3.04. The van der Waals surface area contributed by atoms with Gasteiger partial charge in [0.1, 0.15) is 0 Å². The van der Waals surface area contributed by atoms with Crippen molar-refractivity contribution in [3.05, 3.63) is 58.2 Å². The third-order valence-corrected chi connectivity index (χ3v) is 4.56. The van der Waals surface area contributed by atoms with E-state index in [0.29, 0.717) is 32.1 Å². The Morgan fingerprint density at radius 2 is 1.70 bits per heavy atom. The molecule has 27 heavy (non-hydrogen) atoms. The van der Waals surface area contributed by atoms with E-state index in [1.165, 1.54) is 4.90 Å². The van der Waals surface area contributed by atoms with Gasteiger partial charge in [0.2, 0.25) is 0 Å². The lowest BCUT2D eigenvalue weighted by Gasteiger charge is -2.24. The van der Waals surface area contributed by atoms with Crippen LogP contribution in [0.4, 0.5) is 18.9 Å². The number of aliphatic hydroxyl groups excluding tert-OH is 1. The number of pyridine rings is 1. The van der Waals surface area contributed by atoms with Crippen molar-refractivity contribution in [2.24, 2.45) is 0 Å². The molecule has 1 heterocycles. The monoisotopic (exact) mass is 414 g/mol. The normalized spacial score (nSPS) is 13.0.